The molecule has 4 aliphatic rings. The molecule has 5 rings (SSSR count). The van der Waals surface area contributed by atoms with E-state index in [0.29, 0.717) is 19.1 Å². The zero-order valence-electron chi connectivity index (χ0n) is 15.4. The minimum absolute atomic E-state index is 0.444. The summed E-state index contributed by atoms with van der Waals surface area (Å²) in [6, 6.07) is 2.12. The number of nitrogens with one attached hydrogen (secondary N) is 3. The van der Waals surface area contributed by atoms with Crippen LogP contribution in [0.3, 0.4) is 0 Å². The highest BCUT2D eigenvalue weighted by Crippen LogP contribution is 2.38. The van der Waals surface area contributed by atoms with Crippen LogP contribution in [0.5, 0.6) is 0 Å². The summed E-state index contributed by atoms with van der Waals surface area (Å²) in [6.45, 7) is 2.85. The first kappa shape index (κ1) is 17.5. The number of rotatable bonds is 4. The summed E-state index contributed by atoms with van der Waals surface area (Å²) >= 11 is 0. The van der Waals surface area contributed by atoms with Crippen molar-refractivity contribution >= 4 is 21.7 Å². The van der Waals surface area contributed by atoms with Crippen molar-refractivity contribution in [3.8, 4) is 0 Å². The Morgan fingerprint density at radius 3 is 2.22 bits per heavy atom. The Balaban J connectivity index is 1.28. The Bertz CT molecular complexity index is 856. The number of urea groups is 1. The molecular weight excluding hydrogens is 364 g/mol. The van der Waals surface area contributed by atoms with Crippen molar-refractivity contribution in [2.24, 2.45) is 0 Å². The molecule has 7 nitrogen and oxygen atoms in total. The highest BCUT2D eigenvalue weighted by molar-refractivity contribution is 7.90. The first-order valence-electron chi connectivity index (χ1n) is 9.95. The zero-order valence-corrected chi connectivity index (χ0v) is 16.2. The summed E-state index contributed by atoms with van der Waals surface area (Å²) in [4.78, 5) is 14.7. The molecular formula is C19H26N4O3S. The third-order valence-electron chi connectivity index (χ3n) is 6.54. The van der Waals surface area contributed by atoms with E-state index < -0.39 is 21.3 Å². The predicted octanol–water partition coefficient (Wildman–Crippen LogP) is 0.771. The molecule has 1 aromatic carbocycles. The molecule has 27 heavy (non-hydrogen) atoms. The molecule has 2 aliphatic heterocycles. The molecule has 0 spiro atoms. The molecule has 1 aromatic rings. The van der Waals surface area contributed by atoms with Gasteiger partial charge in [0.05, 0.1) is 0 Å². The molecule has 0 unspecified atom stereocenters. The van der Waals surface area contributed by atoms with Crippen molar-refractivity contribution in [3.63, 3.8) is 0 Å². The third kappa shape index (κ3) is 3.03. The standard InChI is InChI=1S/C19H26N4O3S/c24-19(22-27(25,26)15-10-23(11-15)14-8-20-9-14)21-18-16-5-1-3-12(16)7-13-4-2-6-17(13)18/h7,14-15,20H,1-6,8-11H2,(H2,21,22,24). The molecule has 8 heteroatoms. The van der Waals surface area contributed by atoms with Gasteiger partial charge in [-0.2, -0.15) is 0 Å². The molecule has 0 radical (unpaired) electrons. The number of nitrogens with zero attached hydrogens (tertiary/aromatic N) is 1. The Labute approximate surface area is 159 Å². The fourth-order valence-corrected chi connectivity index (χ4v) is 6.07. The van der Waals surface area contributed by atoms with Crippen molar-refractivity contribution < 1.29 is 13.2 Å². The molecule has 2 aliphatic carbocycles. The number of hydrogen-bond acceptors (Lipinski definition) is 5. The van der Waals surface area contributed by atoms with Crippen LogP contribution in [0.25, 0.3) is 0 Å². The summed E-state index contributed by atoms with van der Waals surface area (Å²) in [5.74, 6) is 0. The number of aryl methyl sites for hydroxylation is 2. The van der Waals surface area contributed by atoms with Gasteiger partial charge in [0.25, 0.3) is 0 Å². The molecule has 0 atom stereocenters. The van der Waals surface area contributed by atoms with E-state index in [9.17, 15) is 13.2 Å². The van der Waals surface area contributed by atoms with Gasteiger partial charge in [-0.15, -0.1) is 0 Å². The largest absolute Gasteiger partial charge is 0.332 e. The van der Waals surface area contributed by atoms with E-state index in [1.54, 1.807) is 0 Å². The summed E-state index contributed by atoms with van der Waals surface area (Å²) in [5.41, 5.74) is 5.92. The van der Waals surface area contributed by atoms with E-state index in [0.717, 1.165) is 57.3 Å². The van der Waals surface area contributed by atoms with Crippen LogP contribution in [0.2, 0.25) is 0 Å². The lowest BCUT2D eigenvalue weighted by Crippen LogP contribution is -2.68. The average Bonchev–Trinajstić information content (AvgIpc) is 3.15. The summed E-state index contributed by atoms with van der Waals surface area (Å²) in [5, 5.41) is 5.60. The summed E-state index contributed by atoms with van der Waals surface area (Å²) < 4.78 is 27.3. The zero-order chi connectivity index (χ0) is 18.6. The minimum Gasteiger partial charge on any atom is -0.314 e. The van der Waals surface area contributed by atoms with E-state index in [1.807, 2.05) is 0 Å². The van der Waals surface area contributed by atoms with Crippen molar-refractivity contribution in [1.82, 2.24) is 14.9 Å². The smallest absolute Gasteiger partial charge is 0.314 e. The van der Waals surface area contributed by atoms with E-state index in [1.165, 1.54) is 22.3 Å². The van der Waals surface area contributed by atoms with Crippen LogP contribution in [0.4, 0.5) is 10.5 Å². The molecule has 0 bridgehead atoms. The second-order valence-electron chi connectivity index (χ2n) is 8.22. The van der Waals surface area contributed by atoms with Crippen LogP contribution in [0.15, 0.2) is 6.07 Å². The number of amides is 2. The van der Waals surface area contributed by atoms with Gasteiger partial charge < -0.3 is 10.6 Å². The van der Waals surface area contributed by atoms with Gasteiger partial charge in [-0.3, -0.25) is 4.90 Å². The first-order valence-corrected chi connectivity index (χ1v) is 11.5. The molecule has 0 aromatic heterocycles. The number of anilines is 1. The number of sulfonamides is 1. The number of likely N-dealkylation sites (tertiary alicyclic amines) is 1. The number of carbonyl (C=O) groups excluding carboxylic acids is 1. The molecule has 2 amide bonds. The fourth-order valence-electron chi connectivity index (χ4n) is 4.81. The van der Waals surface area contributed by atoms with Crippen molar-refractivity contribution in [2.75, 3.05) is 31.5 Å². The van der Waals surface area contributed by atoms with Crippen LogP contribution in [0.1, 0.15) is 35.1 Å². The SMILES string of the molecule is O=C(Nc1c2c(cc3c1CCC3)CCC2)NS(=O)(=O)C1CN(C2CNC2)C1. The predicted molar refractivity (Wildman–Crippen MR) is 104 cm³/mol. The fraction of sp³-hybridized carbons (Fsp3) is 0.632. The Morgan fingerprint density at radius 2 is 1.67 bits per heavy atom. The van der Waals surface area contributed by atoms with Gasteiger partial charge in [0.2, 0.25) is 10.0 Å². The molecule has 3 N–H and O–H groups in total. The first-order chi connectivity index (χ1) is 13.0. The maximum atomic E-state index is 12.5. The molecule has 146 valence electrons. The maximum absolute atomic E-state index is 12.5. The van der Waals surface area contributed by atoms with Crippen molar-refractivity contribution in [3.05, 3.63) is 28.3 Å². The van der Waals surface area contributed by atoms with E-state index in [2.05, 4.69) is 26.3 Å². The lowest BCUT2D eigenvalue weighted by atomic mass is 9.99. The third-order valence-corrected chi connectivity index (χ3v) is 8.18. The van der Waals surface area contributed by atoms with Gasteiger partial charge in [-0.25, -0.2) is 17.9 Å². The van der Waals surface area contributed by atoms with Crippen molar-refractivity contribution in [2.45, 2.75) is 49.8 Å². The lowest BCUT2D eigenvalue weighted by Gasteiger charge is -2.47. The quantitative estimate of drug-likeness (QED) is 0.707. The van der Waals surface area contributed by atoms with Crippen LogP contribution in [0, 0.1) is 0 Å². The van der Waals surface area contributed by atoms with E-state index in [4.69, 9.17) is 0 Å². The minimum atomic E-state index is -3.65. The Morgan fingerprint density at radius 1 is 1.04 bits per heavy atom. The molecule has 2 heterocycles. The van der Waals surface area contributed by atoms with Crippen molar-refractivity contribution in [1.29, 1.82) is 0 Å². The highest BCUT2D eigenvalue weighted by atomic mass is 32.2. The number of carbonyl (C=O) groups is 1. The van der Waals surface area contributed by atoms with Gasteiger partial charge in [0.1, 0.15) is 5.25 Å². The monoisotopic (exact) mass is 390 g/mol. The highest BCUT2D eigenvalue weighted by Gasteiger charge is 2.42. The number of hydrogen-bond donors (Lipinski definition) is 3. The summed E-state index contributed by atoms with van der Waals surface area (Å²) in [7, 11) is -3.65. The Kier molecular flexibility index (Phi) is 4.18. The van der Waals surface area contributed by atoms with Crippen LogP contribution >= 0.6 is 0 Å². The second-order valence-corrected chi connectivity index (χ2v) is 10.2. The average molecular weight is 391 g/mol. The van der Waals surface area contributed by atoms with Gasteiger partial charge in [-0.05, 0) is 60.8 Å². The molecule has 2 fully saturated rings. The van der Waals surface area contributed by atoms with Crippen LogP contribution < -0.4 is 15.4 Å². The van der Waals surface area contributed by atoms with Gasteiger partial charge in [-0.1, -0.05) is 6.07 Å². The Hall–Kier alpha value is -1.64. The summed E-state index contributed by atoms with van der Waals surface area (Å²) in [6.07, 6.45) is 6.20. The normalized spacial score (nSPS) is 22.7. The van der Waals surface area contributed by atoms with Crippen LogP contribution in [-0.4, -0.2) is 56.8 Å². The maximum Gasteiger partial charge on any atom is 0.332 e. The van der Waals surface area contributed by atoms with E-state index >= 15 is 0 Å². The molecule has 0 saturated carbocycles. The number of fused-ring (bicyclic) bond motifs is 2. The van der Waals surface area contributed by atoms with Crippen LogP contribution in [-0.2, 0) is 35.7 Å². The molecule has 2 saturated heterocycles. The van der Waals surface area contributed by atoms with E-state index in [-0.39, 0.29) is 0 Å². The van der Waals surface area contributed by atoms with Gasteiger partial charge in [0, 0.05) is 37.9 Å². The lowest BCUT2D eigenvalue weighted by molar-refractivity contribution is 0.0855. The topological polar surface area (TPSA) is 90.5 Å². The number of benzene rings is 1. The second kappa shape index (κ2) is 6.46. The van der Waals surface area contributed by atoms with Gasteiger partial charge in [0.15, 0.2) is 0 Å². The van der Waals surface area contributed by atoms with Gasteiger partial charge >= 0.3 is 6.03 Å².